The summed E-state index contributed by atoms with van der Waals surface area (Å²) in [7, 11) is 1.89. The molecule has 30 heavy (non-hydrogen) atoms. The third-order valence-electron chi connectivity index (χ3n) is 6.11. The fourth-order valence-corrected chi connectivity index (χ4v) is 4.08. The van der Waals surface area contributed by atoms with E-state index in [1.807, 2.05) is 37.6 Å². The lowest BCUT2D eigenvalue weighted by Crippen LogP contribution is -2.36. The number of benzene rings is 1. The van der Waals surface area contributed by atoms with Gasteiger partial charge in [-0.3, -0.25) is 9.48 Å². The highest BCUT2D eigenvalue weighted by molar-refractivity contribution is 6.11. The minimum Gasteiger partial charge on any atom is -0.359 e. The van der Waals surface area contributed by atoms with Gasteiger partial charge in [-0.2, -0.15) is 5.10 Å². The summed E-state index contributed by atoms with van der Waals surface area (Å²) in [5.74, 6) is 0.313. The molecule has 1 atom stereocenters. The van der Waals surface area contributed by atoms with E-state index in [0.717, 1.165) is 42.1 Å². The minimum atomic E-state index is -0.216. The third-order valence-corrected chi connectivity index (χ3v) is 6.11. The SMILES string of the molecule is Cn1cc([C@@H](NC(=O)c2c[nH]c3c(NC(=O)NC4CC4)cccc23)C2CCC2)cn1. The fourth-order valence-electron chi connectivity index (χ4n) is 4.08. The number of nitrogens with one attached hydrogen (secondary N) is 4. The molecule has 2 fully saturated rings. The summed E-state index contributed by atoms with van der Waals surface area (Å²) >= 11 is 0. The van der Waals surface area contributed by atoms with Gasteiger partial charge in [0.05, 0.1) is 29.0 Å². The van der Waals surface area contributed by atoms with E-state index in [9.17, 15) is 9.59 Å². The molecule has 0 unspecified atom stereocenters. The first-order chi connectivity index (χ1) is 14.6. The summed E-state index contributed by atoms with van der Waals surface area (Å²) in [5.41, 5.74) is 3.02. The van der Waals surface area contributed by atoms with E-state index in [1.165, 1.54) is 6.42 Å². The van der Waals surface area contributed by atoms with Gasteiger partial charge >= 0.3 is 6.03 Å². The number of aromatic amines is 1. The molecule has 0 saturated heterocycles. The number of anilines is 1. The largest absolute Gasteiger partial charge is 0.359 e. The average Bonchev–Trinajstić information content (AvgIpc) is 3.20. The van der Waals surface area contributed by atoms with Crippen molar-refractivity contribution in [1.29, 1.82) is 0 Å². The van der Waals surface area contributed by atoms with Gasteiger partial charge in [-0.05, 0) is 37.7 Å². The van der Waals surface area contributed by atoms with Crippen LogP contribution in [0, 0.1) is 5.92 Å². The van der Waals surface area contributed by atoms with Crippen molar-refractivity contribution in [2.75, 3.05) is 5.32 Å². The third kappa shape index (κ3) is 3.65. The molecule has 0 bridgehead atoms. The molecule has 2 aliphatic carbocycles. The topological polar surface area (TPSA) is 104 Å². The number of H-pyrrole nitrogens is 1. The van der Waals surface area contributed by atoms with Crippen LogP contribution >= 0.6 is 0 Å². The minimum absolute atomic E-state index is 0.0458. The Morgan fingerprint density at radius 3 is 2.73 bits per heavy atom. The molecule has 156 valence electrons. The first-order valence-electron chi connectivity index (χ1n) is 10.6. The van der Waals surface area contributed by atoms with Gasteiger partial charge in [0.25, 0.3) is 5.91 Å². The quantitative estimate of drug-likeness (QED) is 0.504. The Morgan fingerprint density at radius 2 is 2.07 bits per heavy atom. The van der Waals surface area contributed by atoms with Crippen molar-refractivity contribution >= 4 is 28.5 Å². The molecule has 8 nitrogen and oxygen atoms in total. The Kier molecular flexibility index (Phi) is 4.69. The highest BCUT2D eigenvalue weighted by Crippen LogP contribution is 2.38. The molecule has 0 aliphatic heterocycles. The molecule has 2 saturated carbocycles. The van der Waals surface area contributed by atoms with Crippen molar-refractivity contribution in [2.45, 2.75) is 44.2 Å². The maximum absolute atomic E-state index is 13.2. The summed E-state index contributed by atoms with van der Waals surface area (Å²) in [6, 6.07) is 5.60. The van der Waals surface area contributed by atoms with Crippen molar-refractivity contribution < 1.29 is 9.59 Å². The number of urea groups is 1. The van der Waals surface area contributed by atoms with Crippen LogP contribution in [-0.2, 0) is 7.05 Å². The van der Waals surface area contributed by atoms with Crippen LogP contribution in [0.3, 0.4) is 0 Å². The number of hydrogen-bond donors (Lipinski definition) is 4. The molecule has 0 spiro atoms. The number of nitrogens with zero attached hydrogens (tertiary/aromatic N) is 2. The van der Waals surface area contributed by atoms with Gasteiger partial charge < -0.3 is 20.9 Å². The van der Waals surface area contributed by atoms with E-state index in [2.05, 4.69) is 26.0 Å². The lowest BCUT2D eigenvalue weighted by molar-refractivity contribution is 0.0902. The highest BCUT2D eigenvalue weighted by Gasteiger charge is 2.31. The predicted octanol–water partition coefficient (Wildman–Crippen LogP) is 3.46. The van der Waals surface area contributed by atoms with E-state index < -0.39 is 0 Å². The number of amides is 3. The van der Waals surface area contributed by atoms with Crippen LogP contribution in [0.2, 0.25) is 0 Å². The normalized spacial score (nSPS) is 17.4. The number of para-hydroxylation sites is 1. The second kappa shape index (κ2) is 7.51. The van der Waals surface area contributed by atoms with Crippen molar-refractivity contribution in [2.24, 2.45) is 13.0 Å². The molecule has 3 aromatic rings. The monoisotopic (exact) mass is 406 g/mol. The fraction of sp³-hybridized carbons (Fsp3) is 0.409. The van der Waals surface area contributed by atoms with Crippen molar-refractivity contribution in [1.82, 2.24) is 25.4 Å². The zero-order valence-corrected chi connectivity index (χ0v) is 16.9. The van der Waals surface area contributed by atoms with Crippen LogP contribution in [0.4, 0.5) is 10.5 Å². The van der Waals surface area contributed by atoms with Crippen LogP contribution in [0.15, 0.2) is 36.8 Å². The summed E-state index contributed by atoms with van der Waals surface area (Å²) in [4.78, 5) is 28.5. The Bertz CT molecular complexity index is 1090. The van der Waals surface area contributed by atoms with E-state index in [4.69, 9.17) is 0 Å². The summed E-state index contributed by atoms with van der Waals surface area (Å²) in [6.07, 6.45) is 11.0. The second-order valence-corrected chi connectivity index (χ2v) is 8.39. The molecule has 3 amide bonds. The second-order valence-electron chi connectivity index (χ2n) is 8.39. The highest BCUT2D eigenvalue weighted by atomic mass is 16.2. The predicted molar refractivity (Wildman–Crippen MR) is 114 cm³/mol. The van der Waals surface area contributed by atoms with E-state index in [0.29, 0.717) is 17.2 Å². The van der Waals surface area contributed by atoms with E-state index in [1.54, 1.807) is 10.9 Å². The lowest BCUT2D eigenvalue weighted by Gasteiger charge is -2.33. The van der Waals surface area contributed by atoms with Crippen LogP contribution < -0.4 is 16.0 Å². The van der Waals surface area contributed by atoms with Crippen molar-refractivity contribution in [3.63, 3.8) is 0 Å². The molecule has 1 aromatic carbocycles. The molecule has 2 aromatic heterocycles. The van der Waals surface area contributed by atoms with Crippen LogP contribution in [0.1, 0.15) is 54.1 Å². The first kappa shape index (κ1) is 18.7. The maximum Gasteiger partial charge on any atom is 0.319 e. The smallest absolute Gasteiger partial charge is 0.319 e. The zero-order valence-electron chi connectivity index (χ0n) is 16.9. The number of carbonyl (C=O) groups is 2. The van der Waals surface area contributed by atoms with Gasteiger partial charge in [0.2, 0.25) is 0 Å². The van der Waals surface area contributed by atoms with Crippen molar-refractivity contribution in [3.05, 3.63) is 47.9 Å². The van der Waals surface area contributed by atoms with Gasteiger partial charge in [-0.25, -0.2) is 4.79 Å². The van der Waals surface area contributed by atoms with Gasteiger partial charge in [0, 0.05) is 36.4 Å². The Labute approximate surface area is 174 Å². The Morgan fingerprint density at radius 1 is 1.23 bits per heavy atom. The molecular weight excluding hydrogens is 380 g/mol. The van der Waals surface area contributed by atoms with Gasteiger partial charge in [0.15, 0.2) is 0 Å². The van der Waals surface area contributed by atoms with Gasteiger partial charge in [-0.15, -0.1) is 0 Å². The van der Waals surface area contributed by atoms with Gasteiger partial charge in [0.1, 0.15) is 0 Å². The first-order valence-corrected chi connectivity index (χ1v) is 10.6. The molecule has 8 heteroatoms. The number of carbonyl (C=O) groups excluding carboxylic acids is 2. The standard InChI is InChI=1S/C22H26N6O2/c1-28-12-14(10-24-28)19(13-4-2-5-13)27-21(29)17-11-23-20-16(17)6-3-7-18(20)26-22(30)25-15-8-9-15/h3,6-7,10-13,15,19,23H,2,4-5,8-9H2,1H3,(H,27,29)(H2,25,26,30)/t19-/m0/s1. The van der Waals surface area contributed by atoms with E-state index in [-0.39, 0.29) is 24.0 Å². The number of rotatable bonds is 6. The molecule has 0 radical (unpaired) electrons. The maximum atomic E-state index is 13.2. The molecular formula is C22H26N6O2. The zero-order chi connectivity index (χ0) is 20.7. The number of hydrogen-bond acceptors (Lipinski definition) is 3. The molecule has 5 rings (SSSR count). The van der Waals surface area contributed by atoms with Crippen LogP contribution in [0.25, 0.3) is 10.9 Å². The van der Waals surface area contributed by atoms with Crippen LogP contribution in [-0.4, -0.2) is 32.7 Å². The van der Waals surface area contributed by atoms with E-state index >= 15 is 0 Å². The summed E-state index contributed by atoms with van der Waals surface area (Å²) in [6.45, 7) is 0. The summed E-state index contributed by atoms with van der Waals surface area (Å²) < 4.78 is 1.77. The lowest BCUT2D eigenvalue weighted by atomic mass is 9.77. The number of aryl methyl sites for hydroxylation is 1. The molecule has 4 N–H and O–H groups in total. The molecule has 2 aliphatic rings. The number of fused-ring (bicyclic) bond motifs is 1. The molecule has 2 heterocycles. The van der Waals surface area contributed by atoms with Crippen molar-refractivity contribution in [3.8, 4) is 0 Å². The van der Waals surface area contributed by atoms with Gasteiger partial charge in [-0.1, -0.05) is 18.6 Å². The Balaban J connectivity index is 1.37. The average molecular weight is 406 g/mol. The number of aromatic nitrogens is 3. The summed E-state index contributed by atoms with van der Waals surface area (Å²) in [5, 5.41) is 14.1. The van der Waals surface area contributed by atoms with Crippen LogP contribution in [0.5, 0.6) is 0 Å². The Hall–Kier alpha value is -3.29.